The maximum absolute atomic E-state index is 12.0. The second-order valence-electron chi connectivity index (χ2n) is 4.99. The van der Waals surface area contributed by atoms with Gasteiger partial charge in [0.2, 0.25) is 0 Å². The van der Waals surface area contributed by atoms with E-state index in [-0.39, 0.29) is 11.5 Å². The summed E-state index contributed by atoms with van der Waals surface area (Å²) < 4.78 is 0. The van der Waals surface area contributed by atoms with Gasteiger partial charge in [-0.2, -0.15) is 0 Å². The quantitative estimate of drug-likeness (QED) is 0.791. The van der Waals surface area contributed by atoms with Gasteiger partial charge in [-0.3, -0.25) is 4.79 Å². The number of halogens is 1. The number of benzene rings is 2. The van der Waals surface area contributed by atoms with Crippen LogP contribution in [0, 0.1) is 0 Å². The van der Waals surface area contributed by atoms with Gasteiger partial charge < -0.3 is 5.11 Å². The molecule has 0 radical (unpaired) electrons. The van der Waals surface area contributed by atoms with E-state index in [2.05, 4.69) is 6.58 Å². The molecule has 3 heteroatoms. The van der Waals surface area contributed by atoms with Gasteiger partial charge in [-0.05, 0) is 35.7 Å². The summed E-state index contributed by atoms with van der Waals surface area (Å²) in [4.78, 5) is 12.0. The maximum atomic E-state index is 12.0. The molecule has 0 atom stereocenters. The van der Waals surface area contributed by atoms with Gasteiger partial charge in [0.15, 0.2) is 0 Å². The van der Waals surface area contributed by atoms with Crippen LogP contribution in [0.1, 0.15) is 23.1 Å². The smallest absolute Gasteiger partial charge is 0.137 e. The molecule has 0 aliphatic rings. The average Bonchev–Trinajstić information content (AvgIpc) is 2.45. The van der Waals surface area contributed by atoms with Crippen LogP contribution in [0.5, 0.6) is 0 Å². The molecule has 21 heavy (non-hydrogen) atoms. The lowest BCUT2D eigenvalue weighted by Gasteiger charge is -2.05. The fourth-order valence-corrected chi connectivity index (χ4v) is 2.37. The van der Waals surface area contributed by atoms with E-state index in [1.54, 1.807) is 12.1 Å². The van der Waals surface area contributed by atoms with Crippen molar-refractivity contribution >= 4 is 23.1 Å². The lowest BCUT2D eigenvalue weighted by Crippen LogP contribution is -2.04. The van der Waals surface area contributed by atoms with E-state index in [0.29, 0.717) is 29.8 Å². The molecule has 0 saturated heterocycles. The highest BCUT2D eigenvalue weighted by atomic mass is 35.5. The number of aryl methyl sites for hydroxylation is 1. The zero-order valence-corrected chi connectivity index (χ0v) is 12.4. The van der Waals surface area contributed by atoms with E-state index in [1.165, 1.54) is 0 Å². The number of Topliss-reactive ketones (excluding diaryl/α,β-unsaturated/α-hetero) is 1. The second-order valence-corrected chi connectivity index (χ2v) is 5.43. The van der Waals surface area contributed by atoms with E-state index in [1.807, 2.05) is 36.4 Å². The van der Waals surface area contributed by atoms with Crippen molar-refractivity contribution in [2.24, 2.45) is 0 Å². The van der Waals surface area contributed by atoms with Crippen molar-refractivity contribution in [2.75, 3.05) is 0 Å². The number of carbonyl (C=O) groups is 1. The SMILES string of the molecule is C=C(O)c1cccc(CCC(=O)Cc2cccc(Cl)c2)c1. The van der Waals surface area contributed by atoms with Crippen molar-refractivity contribution in [3.8, 4) is 0 Å². The summed E-state index contributed by atoms with van der Waals surface area (Å²) in [5.41, 5.74) is 2.64. The number of aliphatic hydroxyl groups is 1. The molecule has 0 amide bonds. The first kappa shape index (κ1) is 15.3. The van der Waals surface area contributed by atoms with Crippen LogP contribution in [0.25, 0.3) is 5.76 Å². The Morgan fingerprint density at radius 1 is 1.10 bits per heavy atom. The van der Waals surface area contributed by atoms with Gasteiger partial charge in [-0.25, -0.2) is 0 Å². The number of carbonyl (C=O) groups excluding carboxylic acids is 1. The lowest BCUT2D eigenvalue weighted by atomic mass is 10.0. The minimum absolute atomic E-state index is 0.0436. The fraction of sp³-hybridized carbons (Fsp3) is 0.167. The Bertz CT molecular complexity index is 662. The third-order valence-electron chi connectivity index (χ3n) is 3.24. The van der Waals surface area contributed by atoms with Crippen molar-refractivity contribution in [3.63, 3.8) is 0 Å². The molecular formula is C18H17ClO2. The predicted octanol–water partition coefficient (Wildman–Crippen LogP) is 4.61. The maximum Gasteiger partial charge on any atom is 0.137 e. The van der Waals surface area contributed by atoms with E-state index >= 15 is 0 Å². The van der Waals surface area contributed by atoms with Crippen LogP contribution in [-0.4, -0.2) is 10.9 Å². The number of aliphatic hydroxyl groups excluding tert-OH is 1. The van der Waals surface area contributed by atoms with Crippen LogP contribution in [0.3, 0.4) is 0 Å². The third-order valence-corrected chi connectivity index (χ3v) is 3.48. The van der Waals surface area contributed by atoms with Gasteiger partial charge in [0.25, 0.3) is 0 Å². The Kier molecular flexibility index (Phi) is 5.18. The van der Waals surface area contributed by atoms with Crippen LogP contribution in [0.15, 0.2) is 55.1 Å². The summed E-state index contributed by atoms with van der Waals surface area (Å²) in [5, 5.41) is 10.0. The van der Waals surface area contributed by atoms with Crippen molar-refractivity contribution in [3.05, 3.63) is 76.8 Å². The molecule has 108 valence electrons. The molecule has 0 heterocycles. The normalized spacial score (nSPS) is 10.3. The Labute approximate surface area is 129 Å². The Morgan fingerprint density at radius 2 is 1.81 bits per heavy atom. The Morgan fingerprint density at radius 3 is 2.52 bits per heavy atom. The minimum Gasteiger partial charge on any atom is -0.508 e. The molecule has 1 N–H and O–H groups in total. The highest BCUT2D eigenvalue weighted by Gasteiger charge is 2.06. The summed E-state index contributed by atoms with van der Waals surface area (Å²) in [6, 6.07) is 14.8. The van der Waals surface area contributed by atoms with E-state index in [0.717, 1.165) is 11.1 Å². The summed E-state index contributed by atoms with van der Waals surface area (Å²) in [5.74, 6) is 0.215. The van der Waals surface area contributed by atoms with Gasteiger partial charge in [0.1, 0.15) is 11.5 Å². The van der Waals surface area contributed by atoms with E-state index in [4.69, 9.17) is 11.6 Å². The van der Waals surface area contributed by atoms with Crippen LogP contribution in [0.2, 0.25) is 5.02 Å². The van der Waals surface area contributed by atoms with Crippen LogP contribution in [0.4, 0.5) is 0 Å². The average molecular weight is 301 g/mol. The van der Waals surface area contributed by atoms with E-state index in [9.17, 15) is 9.90 Å². The molecule has 2 rings (SSSR count). The summed E-state index contributed by atoms with van der Waals surface area (Å²) in [7, 11) is 0. The molecule has 0 bridgehead atoms. The largest absolute Gasteiger partial charge is 0.508 e. The molecule has 2 aromatic carbocycles. The summed E-state index contributed by atoms with van der Waals surface area (Å²) in [6.45, 7) is 3.50. The van der Waals surface area contributed by atoms with Gasteiger partial charge >= 0.3 is 0 Å². The van der Waals surface area contributed by atoms with Gasteiger partial charge in [-0.1, -0.05) is 48.5 Å². The van der Waals surface area contributed by atoms with Crippen molar-refractivity contribution in [2.45, 2.75) is 19.3 Å². The predicted molar refractivity (Wildman–Crippen MR) is 86.6 cm³/mol. The monoisotopic (exact) mass is 300 g/mol. The number of hydrogen-bond donors (Lipinski definition) is 1. The Balaban J connectivity index is 1.92. The van der Waals surface area contributed by atoms with Gasteiger partial charge in [0, 0.05) is 23.4 Å². The first-order valence-electron chi connectivity index (χ1n) is 6.78. The van der Waals surface area contributed by atoms with Crippen molar-refractivity contribution in [1.29, 1.82) is 0 Å². The number of ketones is 1. The molecule has 0 aliphatic carbocycles. The van der Waals surface area contributed by atoms with Crippen LogP contribution in [-0.2, 0) is 17.6 Å². The number of hydrogen-bond acceptors (Lipinski definition) is 2. The molecule has 0 spiro atoms. The first-order chi connectivity index (χ1) is 10.0. The topological polar surface area (TPSA) is 37.3 Å². The molecule has 0 aromatic heterocycles. The standard InChI is InChI=1S/C18H17ClO2/c1-13(20)16-6-2-4-14(10-16)8-9-18(21)12-15-5-3-7-17(19)11-15/h2-7,10-11,20H,1,8-9,12H2. The first-order valence-corrected chi connectivity index (χ1v) is 7.16. The molecule has 2 aromatic rings. The van der Waals surface area contributed by atoms with Crippen LogP contribution >= 0.6 is 11.6 Å². The zero-order chi connectivity index (χ0) is 15.2. The van der Waals surface area contributed by atoms with Gasteiger partial charge in [0.05, 0.1) is 0 Å². The second kappa shape index (κ2) is 7.09. The highest BCUT2D eigenvalue weighted by molar-refractivity contribution is 6.30. The molecule has 2 nitrogen and oxygen atoms in total. The fourth-order valence-electron chi connectivity index (χ4n) is 2.15. The van der Waals surface area contributed by atoms with E-state index < -0.39 is 0 Å². The minimum atomic E-state index is 0.0436. The summed E-state index contributed by atoms with van der Waals surface area (Å²) >= 11 is 5.91. The summed E-state index contributed by atoms with van der Waals surface area (Å²) in [6.07, 6.45) is 1.52. The molecule has 0 saturated carbocycles. The highest BCUT2D eigenvalue weighted by Crippen LogP contribution is 2.15. The van der Waals surface area contributed by atoms with Crippen molar-refractivity contribution in [1.82, 2.24) is 0 Å². The molecule has 0 fully saturated rings. The third kappa shape index (κ3) is 4.76. The molecule has 0 aliphatic heterocycles. The van der Waals surface area contributed by atoms with Gasteiger partial charge in [-0.15, -0.1) is 0 Å². The molecular weight excluding hydrogens is 284 g/mol. The Hall–Kier alpha value is -2.06. The zero-order valence-electron chi connectivity index (χ0n) is 11.7. The number of rotatable bonds is 6. The lowest BCUT2D eigenvalue weighted by molar-refractivity contribution is -0.118. The van der Waals surface area contributed by atoms with Crippen LogP contribution < -0.4 is 0 Å². The molecule has 0 unspecified atom stereocenters. The van der Waals surface area contributed by atoms with Crippen molar-refractivity contribution < 1.29 is 9.90 Å².